The molecule has 0 N–H and O–H groups in total. The topological polar surface area (TPSA) is 51.8 Å². The molecule has 0 bridgehead atoms. The second-order valence-electron chi connectivity index (χ2n) is 16.7. The Balaban J connectivity index is 0.889. The molecule has 4 nitrogen and oxygen atoms in total. The number of nitrogens with zero attached hydrogens (tertiary/aromatic N) is 3. The lowest BCUT2D eigenvalue weighted by Crippen LogP contribution is -2.00. The molecule has 4 heteroatoms. The first-order valence-corrected chi connectivity index (χ1v) is 22.0. The van der Waals surface area contributed by atoms with Crippen molar-refractivity contribution in [3.8, 4) is 67.5 Å². The number of rotatable bonds is 6. The van der Waals surface area contributed by atoms with Crippen LogP contribution in [0.1, 0.15) is 0 Å². The van der Waals surface area contributed by atoms with Crippen LogP contribution in [0.4, 0.5) is 0 Å². The summed E-state index contributed by atoms with van der Waals surface area (Å²) in [4.78, 5) is 15.1. The summed E-state index contributed by atoms with van der Waals surface area (Å²) in [5.74, 6) is 1.89. The Hall–Kier alpha value is -8.73. The minimum Gasteiger partial charge on any atom is -0.455 e. The molecular weight excluding hydrogens is 791 g/mol. The summed E-state index contributed by atoms with van der Waals surface area (Å²) in [6.07, 6.45) is 0. The lowest BCUT2D eigenvalue weighted by molar-refractivity contribution is 0.673. The van der Waals surface area contributed by atoms with E-state index < -0.39 is 0 Å². The zero-order valence-electron chi connectivity index (χ0n) is 35.1. The summed E-state index contributed by atoms with van der Waals surface area (Å²) in [5, 5.41) is 12.0. The van der Waals surface area contributed by atoms with Gasteiger partial charge < -0.3 is 4.42 Å². The Kier molecular flexibility index (Phi) is 8.50. The molecule has 0 aliphatic carbocycles. The molecule has 65 heavy (non-hydrogen) atoms. The van der Waals surface area contributed by atoms with Gasteiger partial charge in [-0.2, -0.15) is 0 Å². The molecule has 0 radical (unpaired) electrons. The molecule has 0 spiro atoms. The summed E-state index contributed by atoms with van der Waals surface area (Å²) in [5.41, 5.74) is 11.4. The fourth-order valence-electron chi connectivity index (χ4n) is 9.70. The Bertz CT molecular complexity index is 3940. The van der Waals surface area contributed by atoms with E-state index in [0.29, 0.717) is 17.5 Å². The second kappa shape index (κ2) is 15.0. The summed E-state index contributed by atoms with van der Waals surface area (Å²) >= 11 is 0. The molecule has 0 atom stereocenters. The fraction of sp³-hybridized carbons (Fsp3) is 0. The lowest BCUT2D eigenvalue weighted by atomic mass is 9.92. The van der Waals surface area contributed by atoms with E-state index >= 15 is 0 Å². The van der Waals surface area contributed by atoms with Gasteiger partial charge in [0.2, 0.25) is 0 Å². The third kappa shape index (κ3) is 6.26. The highest BCUT2D eigenvalue weighted by Gasteiger charge is 2.18. The number of aromatic nitrogens is 3. The van der Waals surface area contributed by atoms with E-state index in [2.05, 4.69) is 188 Å². The van der Waals surface area contributed by atoms with E-state index in [1.165, 1.54) is 37.9 Å². The van der Waals surface area contributed by atoms with Gasteiger partial charge >= 0.3 is 0 Å². The minimum atomic E-state index is 0.623. The van der Waals surface area contributed by atoms with Crippen molar-refractivity contribution in [3.05, 3.63) is 224 Å². The van der Waals surface area contributed by atoms with Crippen molar-refractivity contribution in [2.24, 2.45) is 0 Å². The zero-order valence-corrected chi connectivity index (χ0v) is 35.1. The first-order valence-electron chi connectivity index (χ1n) is 22.0. The van der Waals surface area contributed by atoms with Crippen LogP contribution in [0.3, 0.4) is 0 Å². The van der Waals surface area contributed by atoms with Crippen LogP contribution in [0, 0.1) is 0 Å². The van der Waals surface area contributed by atoms with Gasteiger partial charge in [-0.15, -0.1) is 0 Å². The largest absolute Gasteiger partial charge is 0.455 e. The van der Waals surface area contributed by atoms with Gasteiger partial charge in [0.15, 0.2) is 17.5 Å². The molecule has 0 saturated carbocycles. The summed E-state index contributed by atoms with van der Waals surface area (Å²) < 4.78 is 6.81. The molecule has 2 heterocycles. The number of fused-ring (bicyclic) bond motifs is 11. The van der Waals surface area contributed by atoms with Gasteiger partial charge in [0.1, 0.15) is 11.2 Å². The second-order valence-corrected chi connectivity index (χ2v) is 16.7. The van der Waals surface area contributed by atoms with Gasteiger partial charge in [-0.1, -0.05) is 200 Å². The van der Waals surface area contributed by atoms with Crippen LogP contribution in [0.15, 0.2) is 229 Å². The molecule has 0 saturated heterocycles. The Morgan fingerprint density at radius 3 is 1.20 bits per heavy atom. The third-order valence-electron chi connectivity index (χ3n) is 12.9. The standard InChI is InChI=1S/C61H37N3O/c1-3-13-38(14-4-1)39-23-27-42(28-24-39)60-62-59(41-15-5-2-6-16-41)63-61(64-60)43-29-25-40(26-30-43)54-37-56-52-34-32-45(36-57(52)65-58(56)53-22-12-11-21-50(53)54)44-31-33-51-48-19-8-7-17-46(48)47-18-9-10-20-49(47)55(51)35-44/h1-37H. The predicted octanol–water partition coefficient (Wildman–Crippen LogP) is 16.4. The van der Waals surface area contributed by atoms with Crippen LogP contribution >= 0.6 is 0 Å². The highest BCUT2D eigenvalue weighted by atomic mass is 16.3. The predicted molar refractivity (Wildman–Crippen MR) is 270 cm³/mol. The molecule has 0 unspecified atom stereocenters. The van der Waals surface area contributed by atoms with Gasteiger partial charge in [0.05, 0.1) is 0 Å². The Labute approximate surface area is 374 Å². The van der Waals surface area contributed by atoms with Crippen LogP contribution in [0.2, 0.25) is 0 Å². The Morgan fingerprint density at radius 2 is 0.615 bits per heavy atom. The maximum atomic E-state index is 6.81. The zero-order chi connectivity index (χ0) is 42.8. The number of hydrogen-bond acceptors (Lipinski definition) is 4. The lowest BCUT2D eigenvalue weighted by Gasteiger charge is -2.12. The van der Waals surface area contributed by atoms with Crippen LogP contribution in [-0.2, 0) is 0 Å². The average molecular weight is 828 g/mol. The molecular formula is C61H37N3O. The maximum Gasteiger partial charge on any atom is 0.164 e. The number of furan rings is 1. The molecule has 0 amide bonds. The normalized spacial score (nSPS) is 11.7. The van der Waals surface area contributed by atoms with Crippen molar-refractivity contribution < 1.29 is 4.42 Å². The van der Waals surface area contributed by atoms with Crippen LogP contribution in [0.5, 0.6) is 0 Å². The van der Waals surface area contributed by atoms with E-state index in [0.717, 1.165) is 77.2 Å². The highest BCUT2D eigenvalue weighted by molar-refractivity contribution is 6.26. The first-order chi connectivity index (χ1) is 32.2. The maximum absolute atomic E-state index is 6.81. The van der Waals surface area contributed by atoms with E-state index in [1.54, 1.807) is 0 Å². The molecule has 0 fully saturated rings. The monoisotopic (exact) mass is 827 g/mol. The molecule has 13 rings (SSSR count). The highest BCUT2D eigenvalue weighted by Crippen LogP contribution is 2.42. The van der Waals surface area contributed by atoms with Gasteiger partial charge in [-0.25, -0.2) is 15.0 Å². The number of benzene rings is 11. The summed E-state index contributed by atoms with van der Waals surface area (Å²) in [6, 6.07) is 79.4. The van der Waals surface area contributed by atoms with Crippen LogP contribution in [0.25, 0.3) is 133 Å². The average Bonchev–Trinajstić information content (AvgIpc) is 3.77. The molecule has 0 aliphatic heterocycles. The van der Waals surface area contributed by atoms with Crippen molar-refractivity contribution in [1.29, 1.82) is 0 Å². The van der Waals surface area contributed by atoms with E-state index in [9.17, 15) is 0 Å². The van der Waals surface area contributed by atoms with Gasteiger partial charge in [-0.3, -0.25) is 0 Å². The smallest absolute Gasteiger partial charge is 0.164 e. The first kappa shape index (κ1) is 36.9. The molecule has 2 aromatic heterocycles. The quantitative estimate of drug-likeness (QED) is 0.157. The molecule has 302 valence electrons. The van der Waals surface area contributed by atoms with Crippen molar-refractivity contribution in [2.45, 2.75) is 0 Å². The van der Waals surface area contributed by atoms with Crippen molar-refractivity contribution in [2.75, 3.05) is 0 Å². The Morgan fingerprint density at radius 1 is 0.231 bits per heavy atom. The van der Waals surface area contributed by atoms with Gasteiger partial charge in [0.25, 0.3) is 0 Å². The van der Waals surface area contributed by atoms with Crippen LogP contribution in [-0.4, -0.2) is 15.0 Å². The van der Waals surface area contributed by atoms with Crippen molar-refractivity contribution >= 4 is 65.0 Å². The van der Waals surface area contributed by atoms with Crippen molar-refractivity contribution in [1.82, 2.24) is 15.0 Å². The fourth-order valence-corrected chi connectivity index (χ4v) is 9.70. The molecule has 0 aliphatic rings. The van der Waals surface area contributed by atoms with Gasteiger partial charge in [-0.05, 0) is 95.3 Å². The molecule has 11 aromatic carbocycles. The SMILES string of the molecule is c1ccc(-c2ccc(-c3nc(-c4ccccc4)nc(-c4ccc(-c5cc6c7ccc(-c8ccc9c%10ccccc%10c%10ccccc%10c9c8)cc7oc6c6ccccc56)cc4)n3)cc2)cc1. The number of hydrogen-bond donors (Lipinski definition) is 0. The minimum absolute atomic E-state index is 0.623. The molecule has 13 aromatic rings. The summed E-state index contributed by atoms with van der Waals surface area (Å²) in [6.45, 7) is 0. The summed E-state index contributed by atoms with van der Waals surface area (Å²) in [7, 11) is 0. The van der Waals surface area contributed by atoms with E-state index in [-0.39, 0.29) is 0 Å². The van der Waals surface area contributed by atoms with Crippen LogP contribution < -0.4 is 0 Å². The van der Waals surface area contributed by atoms with Gasteiger partial charge in [0, 0.05) is 32.8 Å². The van der Waals surface area contributed by atoms with Crippen molar-refractivity contribution in [3.63, 3.8) is 0 Å². The van der Waals surface area contributed by atoms with E-state index in [4.69, 9.17) is 19.4 Å². The van der Waals surface area contributed by atoms with E-state index in [1.807, 2.05) is 36.4 Å². The third-order valence-corrected chi connectivity index (χ3v) is 12.9.